The molecule has 0 spiro atoms. The van der Waals surface area contributed by atoms with Gasteiger partial charge in [0.2, 0.25) is 0 Å². The quantitative estimate of drug-likeness (QED) is 0.743. The Morgan fingerprint density at radius 3 is 2.67 bits per heavy atom. The summed E-state index contributed by atoms with van der Waals surface area (Å²) in [6, 6.07) is 8.19. The van der Waals surface area contributed by atoms with Crippen LogP contribution in [0.1, 0.15) is 32.8 Å². The maximum atomic E-state index is 4.14. The van der Waals surface area contributed by atoms with Crippen LogP contribution in [0.4, 0.5) is 0 Å². The van der Waals surface area contributed by atoms with Crippen LogP contribution in [-0.2, 0) is 5.41 Å². The zero-order valence-electron chi connectivity index (χ0n) is 9.49. The summed E-state index contributed by atoms with van der Waals surface area (Å²) in [6.07, 6.45) is 2.99. The van der Waals surface area contributed by atoms with E-state index in [1.807, 2.05) is 18.3 Å². The monoisotopic (exact) mass is 200 g/mol. The highest BCUT2D eigenvalue weighted by Crippen LogP contribution is 2.30. The van der Waals surface area contributed by atoms with Crippen LogP contribution in [0.5, 0.6) is 0 Å². The van der Waals surface area contributed by atoms with E-state index in [1.54, 1.807) is 0 Å². The first-order valence-electron chi connectivity index (χ1n) is 5.36. The molecule has 15 heavy (non-hydrogen) atoms. The number of rotatable bonds is 2. The van der Waals surface area contributed by atoms with Gasteiger partial charge in [-0.05, 0) is 23.5 Å². The van der Waals surface area contributed by atoms with Crippen LogP contribution in [0, 0.1) is 0 Å². The molecule has 0 aliphatic carbocycles. The van der Waals surface area contributed by atoms with Crippen molar-refractivity contribution in [3.05, 3.63) is 36.0 Å². The van der Waals surface area contributed by atoms with E-state index in [-0.39, 0.29) is 5.41 Å². The number of hydrogen-bond donors (Lipinski definition) is 0. The molecule has 0 saturated carbocycles. The smallest absolute Gasteiger partial charge is 0.0932 e. The first kappa shape index (κ1) is 10.1. The van der Waals surface area contributed by atoms with Gasteiger partial charge in [0.1, 0.15) is 0 Å². The molecule has 0 amide bonds. The molecular weight excluding hydrogens is 184 g/mol. The summed E-state index contributed by atoms with van der Waals surface area (Å²) in [6.45, 7) is 6.70. The van der Waals surface area contributed by atoms with E-state index in [2.05, 4.69) is 43.1 Å². The molecule has 1 aromatic carbocycles. The van der Waals surface area contributed by atoms with Gasteiger partial charge in [0.05, 0.1) is 11.7 Å². The molecule has 78 valence electrons. The average molecular weight is 200 g/mol. The van der Waals surface area contributed by atoms with Crippen molar-refractivity contribution in [1.82, 2.24) is 10.2 Å². The van der Waals surface area contributed by atoms with Gasteiger partial charge in [-0.3, -0.25) is 0 Å². The minimum absolute atomic E-state index is 0.162. The van der Waals surface area contributed by atoms with Crippen LogP contribution < -0.4 is 0 Å². The summed E-state index contributed by atoms with van der Waals surface area (Å²) in [5.41, 5.74) is 2.43. The minimum atomic E-state index is 0.162. The van der Waals surface area contributed by atoms with E-state index in [0.29, 0.717) is 0 Å². The predicted octanol–water partition coefficient (Wildman–Crippen LogP) is 3.32. The molecule has 0 unspecified atom stereocenters. The zero-order valence-corrected chi connectivity index (χ0v) is 9.49. The standard InChI is InChI=1S/C13H16N2/c1-4-13(2,3)11-9-14-15-12-8-6-5-7-10(11)12/h5-9H,4H2,1-3H3. The van der Waals surface area contributed by atoms with Crippen molar-refractivity contribution in [2.45, 2.75) is 32.6 Å². The fourth-order valence-electron chi connectivity index (χ4n) is 1.74. The van der Waals surface area contributed by atoms with Crippen LogP contribution >= 0.6 is 0 Å². The zero-order chi connectivity index (χ0) is 10.9. The molecule has 0 N–H and O–H groups in total. The first-order valence-corrected chi connectivity index (χ1v) is 5.36. The molecular formula is C13H16N2. The van der Waals surface area contributed by atoms with Crippen molar-refractivity contribution >= 4 is 10.9 Å². The lowest BCUT2D eigenvalue weighted by Crippen LogP contribution is -2.16. The van der Waals surface area contributed by atoms with E-state index in [9.17, 15) is 0 Å². The maximum absolute atomic E-state index is 4.14. The molecule has 2 nitrogen and oxygen atoms in total. The highest BCUT2D eigenvalue weighted by Gasteiger charge is 2.20. The van der Waals surface area contributed by atoms with Crippen molar-refractivity contribution in [2.24, 2.45) is 0 Å². The van der Waals surface area contributed by atoms with E-state index < -0.39 is 0 Å². The third-order valence-corrected chi connectivity index (χ3v) is 3.16. The van der Waals surface area contributed by atoms with Gasteiger partial charge in [-0.25, -0.2) is 0 Å². The summed E-state index contributed by atoms with van der Waals surface area (Å²) in [5, 5.41) is 9.44. The van der Waals surface area contributed by atoms with Crippen molar-refractivity contribution in [3.63, 3.8) is 0 Å². The molecule has 0 bridgehead atoms. The molecule has 2 aromatic rings. The Kier molecular flexibility index (Phi) is 2.43. The Balaban J connectivity index is 2.71. The van der Waals surface area contributed by atoms with Gasteiger partial charge in [0.15, 0.2) is 0 Å². The number of aromatic nitrogens is 2. The fourth-order valence-corrected chi connectivity index (χ4v) is 1.74. The molecule has 1 aromatic heterocycles. The largest absolute Gasteiger partial charge is 0.158 e. The highest BCUT2D eigenvalue weighted by atomic mass is 15.1. The van der Waals surface area contributed by atoms with Gasteiger partial charge in [-0.15, -0.1) is 0 Å². The molecule has 2 heteroatoms. The number of hydrogen-bond acceptors (Lipinski definition) is 2. The van der Waals surface area contributed by atoms with Gasteiger partial charge in [-0.1, -0.05) is 39.0 Å². The Labute approximate surface area is 90.3 Å². The summed E-state index contributed by atoms with van der Waals surface area (Å²) >= 11 is 0. The van der Waals surface area contributed by atoms with Crippen molar-refractivity contribution < 1.29 is 0 Å². The highest BCUT2D eigenvalue weighted by molar-refractivity contribution is 5.82. The van der Waals surface area contributed by atoms with Crippen LogP contribution in [0.25, 0.3) is 10.9 Å². The molecule has 0 saturated heterocycles. The Morgan fingerprint density at radius 2 is 1.93 bits per heavy atom. The van der Waals surface area contributed by atoms with Gasteiger partial charge in [0, 0.05) is 5.39 Å². The molecule has 0 radical (unpaired) electrons. The second-order valence-electron chi connectivity index (χ2n) is 4.51. The fraction of sp³-hybridized carbons (Fsp3) is 0.385. The van der Waals surface area contributed by atoms with Gasteiger partial charge < -0.3 is 0 Å². The van der Waals surface area contributed by atoms with E-state index in [0.717, 1.165) is 11.9 Å². The second kappa shape index (κ2) is 3.61. The van der Waals surface area contributed by atoms with E-state index in [4.69, 9.17) is 0 Å². The van der Waals surface area contributed by atoms with E-state index in [1.165, 1.54) is 10.9 Å². The van der Waals surface area contributed by atoms with Gasteiger partial charge in [-0.2, -0.15) is 10.2 Å². The second-order valence-corrected chi connectivity index (χ2v) is 4.51. The number of nitrogens with zero attached hydrogens (tertiary/aromatic N) is 2. The molecule has 0 fully saturated rings. The lowest BCUT2D eigenvalue weighted by atomic mass is 9.81. The topological polar surface area (TPSA) is 25.8 Å². The normalized spacial score (nSPS) is 11.9. The predicted molar refractivity (Wildman–Crippen MR) is 62.9 cm³/mol. The van der Waals surface area contributed by atoms with Crippen LogP contribution in [0.2, 0.25) is 0 Å². The number of benzene rings is 1. The summed E-state index contributed by atoms with van der Waals surface area (Å²) in [5.74, 6) is 0. The van der Waals surface area contributed by atoms with Crippen molar-refractivity contribution in [2.75, 3.05) is 0 Å². The van der Waals surface area contributed by atoms with E-state index >= 15 is 0 Å². The first-order chi connectivity index (χ1) is 7.15. The van der Waals surface area contributed by atoms with Gasteiger partial charge >= 0.3 is 0 Å². The maximum Gasteiger partial charge on any atom is 0.0932 e. The molecule has 0 aliphatic rings. The summed E-state index contributed by atoms with van der Waals surface area (Å²) in [4.78, 5) is 0. The Bertz CT molecular complexity index is 469. The number of fused-ring (bicyclic) bond motifs is 1. The van der Waals surface area contributed by atoms with Crippen molar-refractivity contribution in [1.29, 1.82) is 0 Å². The minimum Gasteiger partial charge on any atom is -0.158 e. The Morgan fingerprint density at radius 1 is 1.20 bits per heavy atom. The molecule has 1 heterocycles. The molecule has 2 rings (SSSR count). The molecule has 0 atom stereocenters. The summed E-state index contributed by atoms with van der Waals surface area (Å²) in [7, 11) is 0. The third-order valence-electron chi connectivity index (χ3n) is 3.16. The summed E-state index contributed by atoms with van der Waals surface area (Å²) < 4.78 is 0. The Hall–Kier alpha value is -1.44. The molecule has 0 aliphatic heterocycles. The average Bonchev–Trinajstić information content (AvgIpc) is 2.28. The van der Waals surface area contributed by atoms with Crippen LogP contribution in [0.15, 0.2) is 30.5 Å². The van der Waals surface area contributed by atoms with Crippen LogP contribution in [-0.4, -0.2) is 10.2 Å². The van der Waals surface area contributed by atoms with Crippen LogP contribution in [0.3, 0.4) is 0 Å². The lowest BCUT2D eigenvalue weighted by Gasteiger charge is -2.23. The van der Waals surface area contributed by atoms with Crippen molar-refractivity contribution in [3.8, 4) is 0 Å². The third kappa shape index (κ3) is 1.72. The SMILES string of the molecule is CCC(C)(C)c1cnnc2ccccc12. The van der Waals surface area contributed by atoms with Gasteiger partial charge in [0.25, 0.3) is 0 Å². The lowest BCUT2D eigenvalue weighted by molar-refractivity contribution is 0.508.